The van der Waals surface area contributed by atoms with Crippen LogP contribution in [0.5, 0.6) is 0 Å². The van der Waals surface area contributed by atoms with Crippen molar-refractivity contribution in [1.82, 2.24) is 14.3 Å². The molecule has 0 radical (unpaired) electrons. The summed E-state index contributed by atoms with van der Waals surface area (Å²) in [6.07, 6.45) is 4.04. The van der Waals surface area contributed by atoms with Gasteiger partial charge in [-0.1, -0.05) is 18.2 Å². The maximum atomic E-state index is 13.5. The van der Waals surface area contributed by atoms with Crippen molar-refractivity contribution >= 4 is 22.6 Å². The fraction of sp³-hybridized carbons (Fsp3) is 0.174. The van der Waals surface area contributed by atoms with Crippen molar-refractivity contribution in [1.29, 1.82) is 5.26 Å². The Morgan fingerprint density at radius 1 is 1.20 bits per heavy atom. The van der Waals surface area contributed by atoms with E-state index < -0.39 is 5.82 Å². The third kappa shape index (κ3) is 3.94. The van der Waals surface area contributed by atoms with Crippen LogP contribution in [-0.2, 0) is 24.8 Å². The van der Waals surface area contributed by atoms with Gasteiger partial charge in [0.1, 0.15) is 11.9 Å². The van der Waals surface area contributed by atoms with E-state index in [4.69, 9.17) is 5.26 Å². The summed E-state index contributed by atoms with van der Waals surface area (Å²) in [5.74, 6) is -0.254. The van der Waals surface area contributed by atoms with Crippen LogP contribution in [0.4, 0.5) is 10.2 Å². The standard InChI is InChI=1S/C23H20FN5O/c1-15-13-28(2)21-10-16(3-5-19(15)21)11-23(30)26-22-7-8-29(27-22)14-17-4-6-20(24)18(9-17)12-25/h3-10,13H,11,14H2,1-2H3,(H,26,27,30). The normalized spacial score (nSPS) is 10.9. The Labute approximate surface area is 173 Å². The summed E-state index contributed by atoms with van der Waals surface area (Å²) in [5.41, 5.74) is 3.98. The van der Waals surface area contributed by atoms with E-state index in [1.165, 1.54) is 23.1 Å². The van der Waals surface area contributed by atoms with Crippen molar-refractivity contribution in [2.24, 2.45) is 7.05 Å². The summed E-state index contributed by atoms with van der Waals surface area (Å²) in [7, 11) is 1.99. The molecule has 2 heterocycles. The Hall–Kier alpha value is -3.92. The van der Waals surface area contributed by atoms with Gasteiger partial charge in [0.05, 0.1) is 18.5 Å². The molecule has 4 aromatic rings. The van der Waals surface area contributed by atoms with Gasteiger partial charge in [-0.3, -0.25) is 9.48 Å². The molecule has 0 unspecified atom stereocenters. The zero-order valence-electron chi connectivity index (χ0n) is 16.7. The average Bonchev–Trinajstić information content (AvgIpc) is 3.26. The van der Waals surface area contributed by atoms with E-state index in [2.05, 4.69) is 28.1 Å². The predicted octanol–water partition coefficient (Wildman–Crippen LogP) is 3.92. The lowest BCUT2D eigenvalue weighted by Crippen LogP contribution is -2.15. The first-order valence-corrected chi connectivity index (χ1v) is 9.49. The van der Waals surface area contributed by atoms with Crippen LogP contribution in [0, 0.1) is 24.1 Å². The molecule has 150 valence electrons. The summed E-state index contributed by atoms with van der Waals surface area (Å²) in [6.45, 7) is 2.44. The lowest BCUT2D eigenvalue weighted by molar-refractivity contribution is -0.115. The predicted molar refractivity (Wildman–Crippen MR) is 112 cm³/mol. The van der Waals surface area contributed by atoms with E-state index in [1.807, 2.05) is 31.3 Å². The third-order valence-electron chi connectivity index (χ3n) is 5.02. The molecule has 4 rings (SSSR count). The van der Waals surface area contributed by atoms with Crippen molar-refractivity contribution in [2.45, 2.75) is 19.9 Å². The molecule has 0 saturated carbocycles. The Morgan fingerprint density at radius 3 is 2.80 bits per heavy atom. The van der Waals surface area contributed by atoms with E-state index in [-0.39, 0.29) is 17.9 Å². The first-order chi connectivity index (χ1) is 14.4. The summed E-state index contributed by atoms with van der Waals surface area (Å²) in [4.78, 5) is 12.5. The van der Waals surface area contributed by atoms with Gasteiger partial charge in [-0.05, 0) is 41.8 Å². The summed E-state index contributed by atoms with van der Waals surface area (Å²) in [5, 5.41) is 17.3. The van der Waals surface area contributed by atoms with Gasteiger partial charge in [0.2, 0.25) is 5.91 Å². The number of hydrogen-bond acceptors (Lipinski definition) is 3. The topological polar surface area (TPSA) is 75.6 Å². The van der Waals surface area contributed by atoms with Crippen LogP contribution in [0.3, 0.4) is 0 Å². The van der Waals surface area contributed by atoms with E-state index in [0.717, 1.165) is 16.6 Å². The van der Waals surface area contributed by atoms with Crippen LogP contribution >= 0.6 is 0 Å². The molecule has 1 amide bonds. The molecule has 0 fully saturated rings. The quantitative estimate of drug-likeness (QED) is 0.551. The SMILES string of the molecule is Cc1cn(C)c2cc(CC(=O)Nc3ccn(Cc4ccc(F)c(C#N)c4)n3)ccc12. The zero-order valence-corrected chi connectivity index (χ0v) is 16.7. The third-order valence-corrected chi connectivity index (χ3v) is 5.02. The maximum Gasteiger partial charge on any atom is 0.229 e. The van der Waals surface area contributed by atoms with Crippen LogP contribution in [0.15, 0.2) is 54.9 Å². The number of rotatable bonds is 5. The summed E-state index contributed by atoms with van der Waals surface area (Å²) in [6, 6.07) is 13.9. The van der Waals surface area contributed by atoms with Gasteiger partial charge in [-0.25, -0.2) is 4.39 Å². The molecule has 30 heavy (non-hydrogen) atoms. The average molecular weight is 401 g/mol. The largest absolute Gasteiger partial charge is 0.350 e. The number of hydrogen-bond donors (Lipinski definition) is 1. The van der Waals surface area contributed by atoms with E-state index in [9.17, 15) is 9.18 Å². The van der Waals surface area contributed by atoms with Crippen molar-refractivity contribution in [3.63, 3.8) is 0 Å². The number of halogens is 1. The number of aryl methyl sites for hydroxylation is 2. The molecule has 0 spiro atoms. The van der Waals surface area contributed by atoms with Gasteiger partial charge in [0.25, 0.3) is 0 Å². The number of benzene rings is 2. The van der Waals surface area contributed by atoms with Gasteiger partial charge in [-0.15, -0.1) is 0 Å². The lowest BCUT2D eigenvalue weighted by Gasteiger charge is -2.05. The second-order valence-corrected chi connectivity index (χ2v) is 7.32. The van der Waals surface area contributed by atoms with Gasteiger partial charge in [0, 0.05) is 36.4 Å². The highest BCUT2D eigenvalue weighted by molar-refractivity contribution is 5.92. The van der Waals surface area contributed by atoms with E-state index >= 15 is 0 Å². The van der Waals surface area contributed by atoms with Crippen LogP contribution < -0.4 is 5.32 Å². The number of fused-ring (bicyclic) bond motifs is 1. The minimum atomic E-state index is -0.543. The molecule has 0 aliphatic carbocycles. The molecular formula is C23H20FN5O. The second kappa shape index (κ2) is 7.84. The number of carbonyl (C=O) groups is 1. The fourth-order valence-corrected chi connectivity index (χ4v) is 3.57. The first kappa shape index (κ1) is 19.4. The Bertz CT molecular complexity index is 1290. The highest BCUT2D eigenvalue weighted by Gasteiger charge is 2.10. The van der Waals surface area contributed by atoms with Gasteiger partial charge >= 0.3 is 0 Å². The highest BCUT2D eigenvalue weighted by Crippen LogP contribution is 2.21. The maximum absolute atomic E-state index is 13.5. The fourth-order valence-electron chi connectivity index (χ4n) is 3.57. The molecule has 1 N–H and O–H groups in total. The van der Waals surface area contributed by atoms with Crippen molar-refractivity contribution in [2.75, 3.05) is 5.32 Å². The Kier molecular flexibility index (Phi) is 5.07. The first-order valence-electron chi connectivity index (χ1n) is 9.49. The Morgan fingerprint density at radius 2 is 2.00 bits per heavy atom. The van der Waals surface area contributed by atoms with Crippen molar-refractivity contribution in [3.05, 3.63) is 82.9 Å². The van der Waals surface area contributed by atoms with Crippen LogP contribution in [0.25, 0.3) is 10.9 Å². The minimum absolute atomic E-state index is 0.00133. The molecule has 0 bridgehead atoms. The Balaban J connectivity index is 1.42. The number of aromatic nitrogens is 3. The molecule has 0 aliphatic heterocycles. The molecular weight excluding hydrogens is 381 g/mol. The molecule has 6 nitrogen and oxygen atoms in total. The summed E-state index contributed by atoms with van der Waals surface area (Å²) >= 11 is 0. The summed E-state index contributed by atoms with van der Waals surface area (Å²) < 4.78 is 17.1. The highest BCUT2D eigenvalue weighted by atomic mass is 19.1. The van der Waals surface area contributed by atoms with Crippen LogP contribution in [0.2, 0.25) is 0 Å². The zero-order chi connectivity index (χ0) is 21.3. The van der Waals surface area contributed by atoms with Crippen molar-refractivity contribution in [3.8, 4) is 6.07 Å². The molecule has 2 aromatic carbocycles. The second-order valence-electron chi connectivity index (χ2n) is 7.32. The van der Waals surface area contributed by atoms with E-state index in [0.29, 0.717) is 12.4 Å². The van der Waals surface area contributed by atoms with E-state index in [1.54, 1.807) is 23.0 Å². The number of nitrogens with zero attached hydrogens (tertiary/aromatic N) is 4. The number of nitriles is 1. The number of amides is 1. The molecule has 0 aliphatic rings. The monoisotopic (exact) mass is 401 g/mol. The number of carbonyl (C=O) groups excluding carboxylic acids is 1. The lowest BCUT2D eigenvalue weighted by atomic mass is 10.1. The van der Waals surface area contributed by atoms with Crippen LogP contribution in [0.1, 0.15) is 22.3 Å². The van der Waals surface area contributed by atoms with Gasteiger partial charge in [0.15, 0.2) is 5.82 Å². The van der Waals surface area contributed by atoms with Gasteiger partial charge in [-0.2, -0.15) is 10.4 Å². The number of anilines is 1. The van der Waals surface area contributed by atoms with Gasteiger partial charge < -0.3 is 9.88 Å². The minimum Gasteiger partial charge on any atom is -0.350 e. The number of nitrogens with one attached hydrogen (secondary N) is 1. The smallest absolute Gasteiger partial charge is 0.229 e. The molecule has 2 aromatic heterocycles. The van der Waals surface area contributed by atoms with Crippen molar-refractivity contribution < 1.29 is 9.18 Å². The van der Waals surface area contributed by atoms with Crippen LogP contribution in [-0.4, -0.2) is 20.3 Å². The molecule has 7 heteroatoms. The molecule has 0 saturated heterocycles. The molecule has 0 atom stereocenters.